The third kappa shape index (κ3) is 2.64. The summed E-state index contributed by atoms with van der Waals surface area (Å²) in [4.78, 5) is 20.4. The lowest BCUT2D eigenvalue weighted by Gasteiger charge is -2.12. The number of amides is 1. The molecule has 0 atom stereocenters. The largest absolute Gasteiger partial charge is 0.364 e. The number of carbonyl (C=O) groups excluding carboxylic acids is 1. The average Bonchev–Trinajstić information content (AvgIpc) is 2.94. The van der Waals surface area contributed by atoms with Crippen molar-refractivity contribution in [2.45, 2.75) is 6.54 Å². The van der Waals surface area contributed by atoms with Crippen molar-refractivity contribution in [1.82, 2.24) is 9.55 Å². The van der Waals surface area contributed by atoms with Gasteiger partial charge in [-0.05, 0) is 46.9 Å². The molecule has 3 aromatic rings. The molecule has 0 saturated heterocycles. The van der Waals surface area contributed by atoms with Gasteiger partial charge in [-0.3, -0.25) is 14.4 Å². The second kappa shape index (κ2) is 6.07. The first-order valence-electron chi connectivity index (χ1n) is 7.52. The molecular weight excluding hydrogens is 430 g/mol. The predicted molar refractivity (Wildman–Crippen MR) is 101 cm³/mol. The van der Waals surface area contributed by atoms with Crippen molar-refractivity contribution in [2.75, 3.05) is 0 Å². The molecule has 1 aliphatic rings. The number of halogens is 2. The highest BCUT2D eigenvalue weighted by atomic mass is 123. The lowest BCUT2D eigenvalue weighted by Crippen LogP contribution is -2.14. The van der Waals surface area contributed by atoms with Gasteiger partial charge in [-0.1, -0.05) is 18.2 Å². The maximum atomic E-state index is 14.0. The van der Waals surface area contributed by atoms with Gasteiger partial charge in [0, 0.05) is 14.7 Å². The van der Waals surface area contributed by atoms with Crippen molar-refractivity contribution in [3.05, 3.63) is 80.7 Å². The van der Waals surface area contributed by atoms with Crippen LogP contribution in [0.3, 0.4) is 0 Å². The topological polar surface area (TPSA) is 73.3 Å². The van der Waals surface area contributed by atoms with Gasteiger partial charge in [0.2, 0.25) is 0 Å². The zero-order chi connectivity index (χ0) is 17.6. The van der Waals surface area contributed by atoms with Crippen LogP contribution in [0.4, 0.5) is 4.39 Å². The Kier molecular flexibility index (Phi) is 3.87. The molecule has 1 aromatic heterocycles. The summed E-state index contributed by atoms with van der Waals surface area (Å²) >= 11 is 2.23. The summed E-state index contributed by atoms with van der Waals surface area (Å²) in [6, 6.07) is 12.3. The summed E-state index contributed by atoms with van der Waals surface area (Å²) in [6.45, 7) is 0.231. The quantitative estimate of drug-likeness (QED) is 0.620. The Morgan fingerprint density at radius 3 is 2.76 bits per heavy atom. The molecule has 2 aromatic carbocycles. The average molecular weight is 442 g/mol. The number of nitrogens with zero attached hydrogens (tertiary/aromatic N) is 3. The Bertz CT molecular complexity index is 1040. The van der Waals surface area contributed by atoms with E-state index >= 15 is 0 Å². The number of aromatic nitrogens is 2. The first kappa shape index (κ1) is 15.9. The number of benzene rings is 2. The lowest BCUT2D eigenvalue weighted by molar-refractivity contribution is 0.0995. The summed E-state index contributed by atoms with van der Waals surface area (Å²) in [5.74, 6) is -0.957. The number of hydrogen-bond donors (Lipinski definition) is 1. The van der Waals surface area contributed by atoms with Crippen LogP contribution >= 0.6 is 22.6 Å². The highest BCUT2D eigenvalue weighted by Gasteiger charge is 2.24. The predicted octanol–water partition coefficient (Wildman–Crippen LogP) is 3.07. The molecule has 2 heterocycles. The minimum absolute atomic E-state index is 0.183. The van der Waals surface area contributed by atoms with E-state index in [1.807, 2.05) is 24.3 Å². The fourth-order valence-electron chi connectivity index (χ4n) is 2.97. The van der Waals surface area contributed by atoms with Crippen LogP contribution in [0.1, 0.15) is 27.3 Å². The Morgan fingerprint density at radius 1 is 1.20 bits per heavy atom. The van der Waals surface area contributed by atoms with Crippen molar-refractivity contribution >= 4 is 34.2 Å². The number of rotatable bonds is 2. The first-order chi connectivity index (χ1) is 12.1. The summed E-state index contributed by atoms with van der Waals surface area (Å²) in [5, 5.41) is 0. The van der Waals surface area contributed by atoms with E-state index in [1.165, 1.54) is 18.5 Å². The Balaban J connectivity index is 2.01. The molecule has 0 saturated carbocycles. The number of hydrogen-bond acceptors (Lipinski definition) is 3. The van der Waals surface area contributed by atoms with E-state index in [4.69, 9.17) is 5.73 Å². The molecule has 1 amide bonds. The Hall–Kier alpha value is -2.55. The molecule has 2 N–H and O–H groups in total. The molecule has 1 aliphatic heterocycles. The monoisotopic (exact) mass is 442 g/mol. The van der Waals surface area contributed by atoms with Crippen molar-refractivity contribution in [2.24, 2.45) is 10.7 Å². The number of carbonyl (C=O) groups is 1. The van der Waals surface area contributed by atoms with E-state index in [-0.39, 0.29) is 18.1 Å². The molecule has 4 rings (SSSR count). The van der Waals surface area contributed by atoms with Gasteiger partial charge in [-0.25, -0.2) is 9.37 Å². The van der Waals surface area contributed by atoms with Crippen LogP contribution in [0.25, 0.3) is 5.69 Å². The summed E-state index contributed by atoms with van der Waals surface area (Å²) in [5.41, 5.74) is 9.16. The van der Waals surface area contributed by atoms with E-state index in [9.17, 15) is 9.18 Å². The van der Waals surface area contributed by atoms with Crippen molar-refractivity contribution in [1.29, 1.82) is 0 Å². The molecule has 0 unspecified atom stereocenters. The van der Waals surface area contributed by atoms with Crippen LogP contribution in [0.5, 0.6) is 0 Å². The zero-order valence-corrected chi connectivity index (χ0v) is 15.1. The maximum Gasteiger partial charge on any atom is 0.269 e. The van der Waals surface area contributed by atoms with Gasteiger partial charge >= 0.3 is 0 Å². The van der Waals surface area contributed by atoms with Gasteiger partial charge in [0.25, 0.3) is 5.91 Å². The molecule has 7 heteroatoms. The third-order valence-corrected chi connectivity index (χ3v) is 5.03. The normalized spacial score (nSPS) is 12.8. The third-order valence-electron chi connectivity index (χ3n) is 4.09. The second-order valence-corrected chi connectivity index (χ2v) is 6.74. The van der Waals surface area contributed by atoms with Crippen LogP contribution in [0, 0.1) is 9.39 Å². The van der Waals surface area contributed by atoms with E-state index in [1.54, 1.807) is 10.6 Å². The zero-order valence-electron chi connectivity index (χ0n) is 12.9. The minimum atomic E-state index is -0.606. The Morgan fingerprint density at radius 2 is 2.00 bits per heavy atom. The van der Waals surface area contributed by atoms with Crippen LogP contribution < -0.4 is 5.73 Å². The molecule has 0 spiro atoms. The van der Waals surface area contributed by atoms with Gasteiger partial charge < -0.3 is 5.73 Å². The fourth-order valence-corrected chi connectivity index (χ4v) is 3.61. The standard InChI is InChI=1S/C18H12FIN4O/c19-10-5-6-14-12(7-10)16(11-3-1-2-4-13(11)20)22-8-15-17(18(21)25)23-9-24(14)15/h1-7,9H,8H2,(H2,21,25)/i20-4. The molecule has 0 bridgehead atoms. The van der Waals surface area contributed by atoms with E-state index in [2.05, 4.69) is 32.6 Å². The molecule has 0 radical (unpaired) electrons. The molecule has 0 fully saturated rings. The molecule has 0 aliphatic carbocycles. The lowest BCUT2D eigenvalue weighted by atomic mass is 10.0. The van der Waals surface area contributed by atoms with Crippen LogP contribution in [0.2, 0.25) is 0 Å². The number of fused-ring (bicyclic) bond motifs is 3. The maximum absolute atomic E-state index is 14.0. The number of imidazole rings is 1. The van der Waals surface area contributed by atoms with Gasteiger partial charge in [-0.15, -0.1) is 0 Å². The molecular formula is C18H12FIN4O. The van der Waals surface area contributed by atoms with Gasteiger partial charge in [-0.2, -0.15) is 0 Å². The van der Waals surface area contributed by atoms with Crippen LogP contribution in [-0.4, -0.2) is 21.2 Å². The van der Waals surface area contributed by atoms with Crippen molar-refractivity contribution in [3.8, 4) is 5.69 Å². The smallest absolute Gasteiger partial charge is 0.269 e. The highest BCUT2D eigenvalue weighted by Crippen LogP contribution is 2.28. The first-order valence-corrected chi connectivity index (χ1v) is 8.60. The van der Waals surface area contributed by atoms with Gasteiger partial charge in [0.05, 0.1) is 23.6 Å². The Labute approximate surface area is 156 Å². The fraction of sp³-hybridized carbons (Fsp3) is 0.0556. The van der Waals surface area contributed by atoms with Crippen molar-refractivity contribution < 1.29 is 9.18 Å². The number of nitrogens with two attached hydrogens (primary N) is 1. The van der Waals surface area contributed by atoms with Gasteiger partial charge in [0.15, 0.2) is 5.69 Å². The van der Waals surface area contributed by atoms with Crippen LogP contribution in [-0.2, 0) is 6.54 Å². The number of aliphatic imine (C=N–C) groups is 1. The highest BCUT2D eigenvalue weighted by molar-refractivity contribution is 14.1. The summed E-state index contributed by atoms with van der Waals surface area (Å²) in [6.07, 6.45) is 1.53. The van der Waals surface area contributed by atoms with E-state index < -0.39 is 5.91 Å². The van der Waals surface area contributed by atoms with E-state index in [0.717, 1.165) is 9.13 Å². The number of primary amides is 1. The second-order valence-electron chi connectivity index (χ2n) is 5.58. The van der Waals surface area contributed by atoms with Gasteiger partial charge in [0.1, 0.15) is 12.1 Å². The van der Waals surface area contributed by atoms with E-state index in [0.29, 0.717) is 22.7 Å². The summed E-state index contributed by atoms with van der Waals surface area (Å²) in [7, 11) is 0. The summed E-state index contributed by atoms with van der Waals surface area (Å²) < 4.78 is 16.7. The van der Waals surface area contributed by atoms with Crippen LogP contribution in [0.15, 0.2) is 53.8 Å². The van der Waals surface area contributed by atoms with Crippen molar-refractivity contribution in [3.63, 3.8) is 0 Å². The SMILES string of the molecule is NC(=O)c1ncn2c1CN=C(c1ccccc1[123I])c1cc(F)ccc1-2. The minimum Gasteiger partial charge on any atom is -0.364 e. The molecule has 5 nitrogen and oxygen atoms in total. The molecule has 124 valence electrons. The molecule has 25 heavy (non-hydrogen) atoms.